The molecule has 3 aliphatic heterocycles. The average Bonchev–Trinajstić information content (AvgIpc) is 3.28. The lowest BCUT2D eigenvalue weighted by Gasteiger charge is -2.43. The highest BCUT2D eigenvalue weighted by Gasteiger charge is 2.34. The Bertz CT molecular complexity index is 842. The van der Waals surface area contributed by atoms with Crippen LogP contribution in [0.3, 0.4) is 0 Å². The Labute approximate surface area is 170 Å². The number of piperidine rings is 2. The highest BCUT2D eigenvalue weighted by Crippen LogP contribution is 2.28. The molecule has 3 aliphatic rings. The fraction of sp³-hybridized carbons (Fsp3) is 0.700. The second-order valence-corrected chi connectivity index (χ2v) is 8.29. The van der Waals surface area contributed by atoms with E-state index in [-0.39, 0.29) is 5.92 Å². The monoisotopic (exact) mass is 399 g/mol. The van der Waals surface area contributed by atoms with Crippen LogP contribution in [0.25, 0.3) is 11.2 Å². The first-order valence-electron chi connectivity index (χ1n) is 10.8. The smallest absolute Gasteiger partial charge is 0.227 e. The van der Waals surface area contributed by atoms with E-state index in [9.17, 15) is 4.79 Å². The summed E-state index contributed by atoms with van der Waals surface area (Å²) in [5.41, 5.74) is 1.64. The number of morpholine rings is 1. The van der Waals surface area contributed by atoms with E-state index in [1.807, 2.05) is 4.90 Å². The van der Waals surface area contributed by atoms with Gasteiger partial charge in [0.15, 0.2) is 11.5 Å². The molecule has 9 heteroatoms. The van der Waals surface area contributed by atoms with Crippen molar-refractivity contribution in [2.75, 3.05) is 57.4 Å². The molecule has 2 aromatic heterocycles. The molecule has 0 unspecified atom stereocenters. The number of imidazole rings is 1. The van der Waals surface area contributed by atoms with Crippen LogP contribution in [0.2, 0.25) is 0 Å². The number of hydrogen-bond donors (Lipinski definition) is 1. The predicted octanol–water partition coefficient (Wildman–Crippen LogP) is 0.893. The number of likely N-dealkylation sites (tertiary alicyclic amines) is 1. The third kappa shape index (κ3) is 3.81. The second-order valence-electron chi connectivity index (χ2n) is 8.29. The van der Waals surface area contributed by atoms with Gasteiger partial charge in [-0.1, -0.05) is 0 Å². The van der Waals surface area contributed by atoms with Gasteiger partial charge in [0.1, 0.15) is 11.8 Å². The molecule has 0 saturated carbocycles. The lowest BCUT2D eigenvalue weighted by Crippen LogP contribution is -2.52. The topological polar surface area (TPSA) is 90.5 Å². The fourth-order valence-electron chi connectivity index (χ4n) is 5.02. The van der Waals surface area contributed by atoms with E-state index in [1.165, 1.54) is 0 Å². The molecular weight excluding hydrogens is 370 g/mol. The summed E-state index contributed by atoms with van der Waals surface area (Å²) in [7, 11) is 0. The Morgan fingerprint density at radius 1 is 1.03 bits per heavy atom. The van der Waals surface area contributed by atoms with Crippen LogP contribution in [0.5, 0.6) is 0 Å². The van der Waals surface area contributed by atoms with Crippen LogP contribution in [-0.2, 0) is 9.53 Å². The van der Waals surface area contributed by atoms with Crippen LogP contribution in [0.15, 0.2) is 12.7 Å². The molecule has 0 radical (unpaired) electrons. The Balaban J connectivity index is 1.19. The first kappa shape index (κ1) is 18.7. The number of fused-ring (bicyclic) bond motifs is 1. The molecule has 2 aromatic rings. The number of aromatic amines is 1. The van der Waals surface area contributed by atoms with Gasteiger partial charge in [-0.3, -0.25) is 9.69 Å². The fourth-order valence-corrected chi connectivity index (χ4v) is 5.02. The standard InChI is InChI=1S/C20H29N7O2/c28-20(26-8-10-29-11-9-26)15-2-1-5-27(12-15)16-3-6-25(7-4-16)19-17-18(22-13-21-17)23-14-24-19/h13-16H,1-12H2,(H,21,22,23,24)/t15-/m0/s1. The van der Waals surface area contributed by atoms with E-state index in [1.54, 1.807) is 12.7 Å². The molecule has 156 valence electrons. The van der Waals surface area contributed by atoms with Crippen molar-refractivity contribution in [3.05, 3.63) is 12.7 Å². The van der Waals surface area contributed by atoms with E-state index < -0.39 is 0 Å². The van der Waals surface area contributed by atoms with Crippen molar-refractivity contribution in [3.8, 4) is 0 Å². The SMILES string of the molecule is O=C([C@H]1CCCN(C2CCN(c3ncnc4nc[nH]c34)CC2)C1)N1CCOCC1. The van der Waals surface area contributed by atoms with Crippen molar-refractivity contribution in [2.24, 2.45) is 5.92 Å². The lowest BCUT2D eigenvalue weighted by atomic mass is 9.92. The zero-order valence-electron chi connectivity index (χ0n) is 16.8. The number of nitrogens with zero attached hydrogens (tertiary/aromatic N) is 6. The van der Waals surface area contributed by atoms with Crippen molar-refractivity contribution in [1.29, 1.82) is 0 Å². The Morgan fingerprint density at radius 3 is 2.69 bits per heavy atom. The van der Waals surface area contributed by atoms with Crippen LogP contribution in [-0.4, -0.2) is 94.2 Å². The number of carbonyl (C=O) groups is 1. The molecule has 3 saturated heterocycles. The average molecular weight is 399 g/mol. The molecule has 1 atom stereocenters. The van der Waals surface area contributed by atoms with Gasteiger partial charge in [0, 0.05) is 38.8 Å². The summed E-state index contributed by atoms with van der Waals surface area (Å²) in [5.74, 6) is 1.43. The van der Waals surface area contributed by atoms with Crippen molar-refractivity contribution < 1.29 is 9.53 Å². The van der Waals surface area contributed by atoms with Gasteiger partial charge in [0.2, 0.25) is 5.91 Å². The summed E-state index contributed by atoms with van der Waals surface area (Å²) in [6.07, 6.45) is 7.59. The molecule has 0 aliphatic carbocycles. The van der Waals surface area contributed by atoms with Gasteiger partial charge >= 0.3 is 0 Å². The Hall–Kier alpha value is -2.26. The van der Waals surface area contributed by atoms with Gasteiger partial charge in [-0.25, -0.2) is 15.0 Å². The first-order valence-corrected chi connectivity index (χ1v) is 10.8. The van der Waals surface area contributed by atoms with E-state index >= 15 is 0 Å². The van der Waals surface area contributed by atoms with Crippen molar-refractivity contribution in [3.63, 3.8) is 0 Å². The largest absolute Gasteiger partial charge is 0.378 e. The number of nitrogens with one attached hydrogen (secondary N) is 1. The van der Waals surface area contributed by atoms with Gasteiger partial charge in [0.05, 0.1) is 25.5 Å². The first-order chi connectivity index (χ1) is 14.3. The highest BCUT2D eigenvalue weighted by molar-refractivity contribution is 5.82. The minimum absolute atomic E-state index is 0.145. The van der Waals surface area contributed by atoms with Crippen LogP contribution in [0.1, 0.15) is 25.7 Å². The Kier molecular flexibility index (Phi) is 5.32. The third-order valence-electron chi connectivity index (χ3n) is 6.61. The van der Waals surface area contributed by atoms with E-state index in [2.05, 4.69) is 29.7 Å². The molecule has 0 bridgehead atoms. The maximum Gasteiger partial charge on any atom is 0.227 e. The molecule has 1 N–H and O–H groups in total. The summed E-state index contributed by atoms with van der Waals surface area (Å²) < 4.78 is 5.40. The van der Waals surface area contributed by atoms with Gasteiger partial charge in [0.25, 0.3) is 0 Å². The van der Waals surface area contributed by atoms with E-state index in [0.717, 1.165) is 81.9 Å². The number of carbonyl (C=O) groups excluding carboxylic acids is 1. The van der Waals surface area contributed by atoms with E-state index in [0.29, 0.717) is 25.2 Å². The maximum absolute atomic E-state index is 12.9. The van der Waals surface area contributed by atoms with E-state index in [4.69, 9.17) is 4.74 Å². The Morgan fingerprint density at radius 2 is 1.86 bits per heavy atom. The molecule has 5 rings (SSSR count). The number of anilines is 1. The van der Waals surface area contributed by atoms with Crippen molar-refractivity contribution in [1.82, 2.24) is 29.7 Å². The molecule has 5 heterocycles. The van der Waals surface area contributed by atoms with Crippen molar-refractivity contribution >= 4 is 22.9 Å². The normalized spacial score (nSPS) is 24.9. The number of aromatic nitrogens is 4. The highest BCUT2D eigenvalue weighted by atomic mass is 16.5. The summed E-state index contributed by atoms with van der Waals surface area (Å²) in [5, 5.41) is 0. The third-order valence-corrected chi connectivity index (χ3v) is 6.61. The number of rotatable bonds is 3. The number of H-pyrrole nitrogens is 1. The molecular formula is C20H29N7O2. The number of ether oxygens (including phenoxy) is 1. The van der Waals surface area contributed by atoms with Crippen molar-refractivity contribution in [2.45, 2.75) is 31.7 Å². The molecule has 3 fully saturated rings. The molecule has 1 amide bonds. The van der Waals surface area contributed by atoms with Crippen LogP contribution >= 0.6 is 0 Å². The van der Waals surface area contributed by atoms with Crippen LogP contribution < -0.4 is 4.90 Å². The van der Waals surface area contributed by atoms with Gasteiger partial charge in [-0.2, -0.15) is 0 Å². The summed E-state index contributed by atoms with van der Waals surface area (Å²) in [6, 6.07) is 0.547. The lowest BCUT2D eigenvalue weighted by molar-refractivity contribution is -0.141. The summed E-state index contributed by atoms with van der Waals surface area (Å²) >= 11 is 0. The summed E-state index contributed by atoms with van der Waals surface area (Å²) in [4.78, 5) is 36.0. The number of hydrogen-bond acceptors (Lipinski definition) is 7. The zero-order chi connectivity index (χ0) is 19.6. The molecule has 29 heavy (non-hydrogen) atoms. The minimum atomic E-state index is 0.145. The van der Waals surface area contributed by atoms with Crippen LogP contribution in [0.4, 0.5) is 5.82 Å². The second kappa shape index (κ2) is 8.23. The van der Waals surface area contributed by atoms with Crippen LogP contribution in [0, 0.1) is 5.92 Å². The van der Waals surface area contributed by atoms with Gasteiger partial charge in [-0.15, -0.1) is 0 Å². The number of amides is 1. The molecule has 0 spiro atoms. The molecule has 0 aromatic carbocycles. The van der Waals surface area contributed by atoms with Gasteiger partial charge in [-0.05, 0) is 32.2 Å². The predicted molar refractivity (Wildman–Crippen MR) is 109 cm³/mol. The molecule has 9 nitrogen and oxygen atoms in total. The zero-order valence-corrected chi connectivity index (χ0v) is 16.8. The quantitative estimate of drug-likeness (QED) is 0.820. The maximum atomic E-state index is 12.9. The minimum Gasteiger partial charge on any atom is -0.378 e. The summed E-state index contributed by atoms with van der Waals surface area (Å²) in [6.45, 7) is 6.78. The van der Waals surface area contributed by atoms with Gasteiger partial charge < -0.3 is 19.5 Å².